The van der Waals surface area contributed by atoms with Gasteiger partial charge in [0.05, 0.1) is 11.0 Å². The van der Waals surface area contributed by atoms with E-state index in [9.17, 15) is 9.90 Å². The van der Waals surface area contributed by atoms with Crippen LogP contribution < -0.4 is 0 Å². The van der Waals surface area contributed by atoms with Gasteiger partial charge in [-0.2, -0.15) is 0 Å². The first-order chi connectivity index (χ1) is 5.90. The monoisotopic (exact) mass is 186 g/mol. The molecule has 0 spiro atoms. The first kappa shape index (κ1) is 10.7. The van der Waals surface area contributed by atoms with E-state index in [2.05, 4.69) is 0 Å². The molecule has 0 aromatic carbocycles. The van der Waals surface area contributed by atoms with Gasteiger partial charge in [0.2, 0.25) is 0 Å². The topological polar surface area (TPSA) is 46.5 Å². The number of ether oxygens (including phenoxy) is 1. The number of hydrogen-bond acceptors (Lipinski definition) is 3. The Balaban J connectivity index is 2.82. The zero-order valence-corrected chi connectivity index (χ0v) is 8.59. The van der Waals surface area contributed by atoms with Crippen molar-refractivity contribution in [2.45, 2.75) is 39.2 Å². The molecule has 1 rings (SSSR count). The lowest BCUT2D eigenvalue weighted by molar-refractivity contribution is -0.157. The Morgan fingerprint density at radius 2 is 1.85 bits per heavy atom. The van der Waals surface area contributed by atoms with Gasteiger partial charge in [-0.1, -0.05) is 13.8 Å². The summed E-state index contributed by atoms with van der Waals surface area (Å²) in [5.74, 6) is 0.0388. The van der Waals surface area contributed by atoms with E-state index in [0.29, 0.717) is 26.1 Å². The van der Waals surface area contributed by atoms with Crippen LogP contribution in [0.5, 0.6) is 0 Å². The molecule has 0 aliphatic carbocycles. The van der Waals surface area contributed by atoms with Crippen molar-refractivity contribution in [3.8, 4) is 0 Å². The molecule has 76 valence electrons. The van der Waals surface area contributed by atoms with Crippen molar-refractivity contribution in [1.82, 2.24) is 0 Å². The van der Waals surface area contributed by atoms with Gasteiger partial charge in [-0.3, -0.25) is 4.79 Å². The number of hydrogen-bond donors (Lipinski definition) is 1. The highest BCUT2D eigenvalue weighted by Crippen LogP contribution is 2.39. The Hall–Kier alpha value is -0.410. The molecule has 3 heteroatoms. The molecule has 0 unspecified atom stereocenters. The van der Waals surface area contributed by atoms with Crippen LogP contribution >= 0.6 is 0 Å². The Morgan fingerprint density at radius 3 is 2.23 bits per heavy atom. The third-order valence-corrected chi connectivity index (χ3v) is 3.36. The van der Waals surface area contributed by atoms with Gasteiger partial charge in [0, 0.05) is 26.1 Å². The predicted octanol–water partition coefficient (Wildman–Crippen LogP) is 1.14. The summed E-state index contributed by atoms with van der Waals surface area (Å²) in [4.78, 5) is 11.4. The van der Waals surface area contributed by atoms with Crippen molar-refractivity contribution in [3.05, 3.63) is 0 Å². The van der Waals surface area contributed by atoms with E-state index in [-0.39, 0.29) is 5.78 Å². The molecule has 0 atom stereocenters. The highest BCUT2D eigenvalue weighted by molar-refractivity contribution is 5.82. The zero-order valence-electron chi connectivity index (χ0n) is 8.59. The van der Waals surface area contributed by atoms with Crippen LogP contribution in [0, 0.1) is 5.41 Å². The Morgan fingerprint density at radius 1 is 1.38 bits per heavy atom. The first-order valence-electron chi connectivity index (χ1n) is 4.71. The van der Waals surface area contributed by atoms with Gasteiger partial charge in [-0.15, -0.1) is 0 Å². The minimum Gasteiger partial charge on any atom is -0.389 e. The number of ketones is 1. The van der Waals surface area contributed by atoms with Crippen LogP contribution in [0.15, 0.2) is 0 Å². The van der Waals surface area contributed by atoms with Crippen molar-refractivity contribution in [3.63, 3.8) is 0 Å². The summed E-state index contributed by atoms with van der Waals surface area (Å²) in [6, 6.07) is 0. The highest BCUT2D eigenvalue weighted by atomic mass is 16.5. The maximum atomic E-state index is 11.4. The fourth-order valence-corrected chi connectivity index (χ4v) is 1.66. The van der Waals surface area contributed by atoms with E-state index < -0.39 is 11.0 Å². The van der Waals surface area contributed by atoms with Gasteiger partial charge >= 0.3 is 0 Å². The summed E-state index contributed by atoms with van der Waals surface area (Å²) in [6.07, 6.45) is 1.11. The molecule has 1 aliphatic rings. The molecular weight excluding hydrogens is 168 g/mol. The third-order valence-electron chi connectivity index (χ3n) is 3.36. The van der Waals surface area contributed by atoms with Gasteiger partial charge in [0.1, 0.15) is 5.78 Å². The maximum Gasteiger partial charge on any atom is 0.138 e. The smallest absolute Gasteiger partial charge is 0.138 e. The van der Waals surface area contributed by atoms with Crippen LogP contribution in [0.1, 0.15) is 33.6 Å². The second-order valence-corrected chi connectivity index (χ2v) is 4.33. The van der Waals surface area contributed by atoms with E-state index >= 15 is 0 Å². The zero-order chi connectivity index (χ0) is 10.1. The fourth-order valence-electron chi connectivity index (χ4n) is 1.66. The first-order valence-corrected chi connectivity index (χ1v) is 4.71. The van der Waals surface area contributed by atoms with Crippen molar-refractivity contribution < 1.29 is 14.6 Å². The fraction of sp³-hybridized carbons (Fsp3) is 0.900. The average Bonchev–Trinajstić information content (AvgIpc) is 2.05. The summed E-state index contributed by atoms with van der Waals surface area (Å²) < 4.78 is 5.17. The molecule has 1 fully saturated rings. The molecule has 0 aromatic rings. The molecule has 3 nitrogen and oxygen atoms in total. The maximum absolute atomic E-state index is 11.4. The SMILES string of the molecule is CC(=O)C(C)(C)C1(O)CCOCC1. The third kappa shape index (κ3) is 1.76. The molecule has 0 amide bonds. The second-order valence-electron chi connectivity index (χ2n) is 4.33. The van der Waals surface area contributed by atoms with Gasteiger partial charge in [0.15, 0.2) is 0 Å². The summed E-state index contributed by atoms with van der Waals surface area (Å²) >= 11 is 0. The second kappa shape index (κ2) is 3.39. The van der Waals surface area contributed by atoms with Crippen LogP contribution in [-0.2, 0) is 9.53 Å². The van der Waals surface area contributed by atoms with Gasteiger partial charge < -0.3 is 9.84 Å². The molecule has 0 bridgehead atoms. The largest absolute Gasteiger partial charge is 0.389 e. The summed E-state index contributed by atoms with van der Waals surface area (Å²) in [5.41, 5.74) is -1.53. The normalized spacial score (nSPS) is 22.8. The number of carbonyl (C=O) groups excluding carboxylic acids is 1. The van der Waals surface area contributed by atoms with Crippen molar-refractivity contribution in [2.24, 2.45) is 5.41 Å². The minimum atomic E-state index is -0.878. The van der Waals surface area contributed by atoms with Crippen LogP contribution in [0.3, 0.4) is 0 Å². The van der Waals surface area contributed by atoms with E-state index in [1.165, 1.54) is 6.92 Å². The molecule has 1 N–H and O–H groups in total. The van der Waals surface area contributed by atoms with Gasteiger partial charge in [-0.05, 0) is 6.92 Å². The van der Waals surface area contributed by atoms with Gasteiger partial charge in [-0.25, -0.2) is 0 Å². The van der Waals surface area contributed by atoms with Gasteiger partial charge in [0.25, 0.3) is 0 Å². The molecular formula is C10H18O3. The van der Waals surface area contributed by atoms with Crippen molar-refractivity contribution >= 4 is 5.78 Å². The van der Waals surface area contributed by atoms with Crippen LogP contribution in [0.25, 0.3) is 0 Å². The lowest BCUT2D eigenvalue weighted by Crippen LogP contribution is -2.52. The minimum absolute atomic E-state index is 0.0388. The van der Waals surface area contributed by atoms with E-state index in [4.69, 9.17) is 4.74 Å². The molecule has 1 aliphatic heterocycles. The number of carbonyl (C=O) groups is 1. The lowest BCUT2D eigenvalue weighted by atomic mass is 9.68. The number of Topliss-reactive ketones (excluding diaryl/α,β-unsaturated/α-hetero) is 1. The van der Waals surface area contributed by atoms with Crippen LogP contribution in [0.2, 0.25) is 0 Å². The summed E-state index contributed by atoms with van der Waals surface area (Å²) in [6.45, 7) is 6.25. The molecule has 1 heterocycles. The Bertz CT molecular complexity index is 202. The Labute approximate surface area is 79.1 Å². The predicted molar refractivity (Wildman–Crippen MR) is 49.5 cm³/mol. The van der Waals surface area contributed by atoms with E-state index in [0.717, 1.165) is 0 Å². The van der Waals surface area contributed by atoms with Crippen LogP contribution in [0.4, 0.5) is 0 Å². The standard InChI is InChI=1S/C10H18O3/c1-8(11)9(2,3)10(12)4-6-13-7-5-10/h12H,4-7H2,1-3H3. The van der Waals surface area contributed by atoms with Crippen LogP contribution in [-0.4, -0.2) is 29.7 Å². The number of rotatable bonds is 2. The summed E-state index contributed by atoms with van der Waals surface area (Å²) in [7, 11) is 0. The Kier molecular flexibility index (Phi) is 2.78. The molecule has 0 aromatic heterocycles. The molecule has 0 radical (unpaired) electrons. The summed E-state index contributed by atoms with van der Waals surface area (Å²) in [5, 5.41) is 10.3. The van der Waals surface area contributed by atoms with Crippen molar-refractivity contribution in [1.29, 1.82) is 0 Å². The molecule has 0 saturated carbocycles. The highest BCUT2D eigenvalue weighted by Gasteiger charge is 2.47. The molecule has 13 heavy (non-hydrogen) atoms. The molecule has 1 saturated heterocycles. The van der Waals surface area contributed by atoms with E-state index in [1.54, 1.807) is 13.8 Å². The quantitative estimate of drug-likeness (QED) is 0.703. The lowest BCUT2D eigenvalue weighted by Gasteiger charge is -2.43. The number of aliphatic hydroxyl groups is 1. The average molecular weight is 186 g/mol. The van der Waals surface area contributed by atoms with E-state index in [1.807, 2.05) is 0 Å². The van der Waals surface area contributed by atoms with Crippen molar-refractivity contribution in [2.75, 3.05) is 13.2 Å².